The molecule has 0 aliphatic rings. The third-order valence-corrected chi connectivity index (χ3v) is 10.1. The van der Waals surface area contributed by atoms with Gasteiger partial charge in [-0.05, 0) is 0 Å². The van der Waals surface area contributed by atoms with E-state index >= 15 is 0 Å². The molecule has 0 N–H and O–H groups in total. The van der Waals surface area contributed by atoms with Crippen LogP contribution in [0.1, 0.15) is 5.56 Å². The molecule has 0 bridgehead atoms. The molecule has 0 saturated heterocycles. The van der Waals surface area contributed by atoms with Gasteiger partial charge in [0.15, 0.2) is 0 Å². The van der Waals surface area contributed by atoms with Crippen molar-refractivity contribution in [1.29, 1.82) is 0 Å². The predicted octanol–water partition coefficient (Wildman–Crippen LogP) is 4.85. The Labute approximate surface area is 128 Å². The first-order chi connectivity index (χ1) is 8.54. The molecule has 0 heterocycles. The first-order valence-electron chi connectivity index (χ1n) is 6.02. The maximum absolute atomic E-state index is 5.63. The Morgan fingerprint density at radius 1 is 1.11 bits per heavy atom. The van der Waals surface area contributed by atoms with Crippen LogP contribution in [0.5, 0.6) is 0 Å². The van der Waals surface area contributed by atoms with Crippen molar-refractivity contribution in [2.75, 3.05) is 0 Å². The van der Waals surface area contributed by atoms with Gasteiger partial charge in [0.1, 0.15) is 0 Å². The first-order valence-corrected chi connectivity index (χ1v) is 20.0. The molecule has 96 valence electrons. The van der Waals surface area contributed by atoms with Crippen molar-refractivity contribution in [1.82, 2.24) is 0 Å². The van der Waals surface area contributed by atoms with Crippen LogP contribution in [0.4, 0.5) is 0 Å². The molecule has 1 unspecified atom stereocenters. The molecule has 0 amide bonds. The summed E-state index contributed by atoms with van der Waals surface area (Å²) in [4.78, 5) is 7.42. The Morgan fingerprint density at radius 3 is 2.39 bits per heavy atom. The van der Waals surface area contributed by atoms with E-state index in [1.165, 1.54) is 16.3 Å². The van der Waals surface area contributed by atoms with Crippen LogP contribution in [0.2, 0.25) is 14.8 Å². The van der Waals surface area contributed by atoms with Crippen LogP contribution in [-0.2, 0) is 11.1 Å². The number of fused-ring (bicyclic) bond motifs is 1. The van der Waals surface area contributed by atoms with Crippen molar-refractivity contribution >= 4 is 61.2 Å². The van der Waals surface area contributed by atoms with Gasteiger partial charge in [-0.2, -0.15) is 0 Å². The summed E-state index contributed by atoms with van der Waals surface area (Å²) in [6, 6.07) is 13.3. The van der Waals surface area contributed by atoms with Gasteiger partial charge in [-0.15, -0.1) is 0 Å². The molecule has 0 saturated carbocycles. The van der Waals surface area contributed by atoms with Crippen LogP contribution in [0, 0.1) is 0 Å². The monoisotopic (exact) mass is 480 g/mol. The van der Waals surface area contributed by atoms with Crippen molar-refractivity contribution in [2.45, 2.75) is 21.4 Å². The van der Waals surface area contributed by atoms with E-state index in [4.69, 9.17) is 4.52 Å². The Bertz CT molecular complexity index is 546. The number of benzene rings is 2. The Hall–Kier alpha value is 0.619. The van der Waals surface area contributed by atoms with Crippen molar-refractivity contribution < 1.29 is 4.52 Å². The van der Waals surface area contributed by atoms with Crippen molar-refractivity contribution in [3.8, 4) is 0 Å². The normalized spacial score (nSPS) is 12.7. The minimum atomic E-state index is -2.08. The number of halogens is 1. The standard InChI is InChI=1S/C11H9IOP.3CH3.Sn/c12-14-13-8-10-6-3-5-9-4-1-2-7-11(9)10;;;;/h1-6,14H,8H2;3*1H3;. The summed E-state index contributed by atoms with van der Waals surface area (Å²) < 4.78 is 7.24. The topological polar surface area (TPSA) is 9.23 Å². The van der Waals surface area contributed by atoms with Crippen molar-refractivity contribution in [2.24, 2.45) is 0 Å². The van der Waals surface area contributed by atoms with Crippen LogP contribution in [-0.4, -0.2) is 18.4 Å². The third-order valence-electron chi connectivity index (χ3n) is 3.08. The van der Waals surface area contributed by atoms with Crippen LogP contribution >= 0.6 is 28.5 Å². The summed E-state index contributed by atoms with van der Waals surface area (Å²) in [7, 11) is 0. The molecule has 0 radical (unpaired) electrons. The summed E-state index contributed by atoms with van der Waals surface area (Å²) in [5, 5.41) is 2.81. The van der Waals surface area contributed by atoms with E-state index < -0.39 is 18.4 Å². The van der Waals surface area contributed by atoms with Gasteiger partial charge in [-0.25, -0.2) is 0 Å². The second-order valence-corrected chi connectivity index (χ2v) is 21.6. The van der Waals surface area contributed by atoms with E-state index in [1.54, 1.807) is 3.58 Å². The quantitative estimate of drug-likeness (QED) is 0.347. The van der Waals surface area contributed by atoms with E-state index in [0.29, 0.717) is 6.45 Å². The Morgan fingerprint density at radius 2 is 1.78 bits per heavy atom. The molecule has 0 aliphatic carbocycles. The zero-order chi connectivity index (χ0) is 13.2. The summed E-state index contributed by atoms with van der Waals surface area (Å²) in [5.74, 6) is 0. The number of hydrogen-bond acceptors (Lipinski definition) is 1. The van der Waals surface area contributed by atoms with Gasteiger partial charge < -0.3 is 0 Å². The second-order valence-electron chi connectivity index (χ2n) is 5.44. The van der Waals surface area contributed by atoms with Gasteiger partial charge in [-0.3, -0.25) is 0 Å². The maximum atomic E-state index is 5.63. The van der Waals surface area contributed by atoms with Gasteiger partial charge in [0.2, 0.25) is 0 Å². The second kappa shape index (κ2) is 6.38. The minimum absolute atomic E-state index is 0.525. The zero-order valence-corrected chi connectivity index (χ0v) is 17.0. The predicted molar refractivity (Wildman–Crippen MR) is 94.1 cm³/mol. The molecule has 0 fully saturated rings. The van der Waals surface area contributed by atoms with Crippen molar-refractivity contribution in [3.05, 3.63) is 42.0 Å². The SMILES string of the molecule is [CH3][Sn]([CH3])([CH3])[c]1cccc2cccc(COPI)c12. The van der Waals surface area contributed by atoms with Crippen LogP contribution < -0.4 is 3.58 Å². The Balaban J connectivity index is 2.64. The Kier molecular flexibility index (Phi) is 5.32. The van der Waals surface area contributed by atoms with Gasteiger partial charge in [0, 0.05) is 0 Å². The molecule has 4 heteroatoms. The average molecular weight is 479 g/mol. The first kappa shape index (κ1) is 15.0. The van der Waals surface area contributed by atoms with Gasteiger partial charge >= 0.3 is 129 Å². The van der Waals surface area contributed by atoms with Crippen molar-refractivity contribution in [3.63, 3.8) is 0 Å². The zero-order valence-electron chi connectivity index (χ0n) is 11.0. The molecule has 2 aromatic carbocycles. The molecule has 2 aromatic rings. The molecular formula is C14H18IOPSn. The third kappa shape index (κ3) is 3.38. The fourth-order valence-corrected chi connectivity index (χ4v) is 7.66. The molecule has 0 aromatic heterocycles. The molecule has 2 rings (SSSR count). The molecule has 0 spiro atoms. The van der Waals surface area contributed by atoms with E-state index in [1.807, 2.05) is 0 Å². The summed E-state index contributed by atoms with van der Waals surface area (Å²) in [6.07, 6.45) is 0. The summed E-state index contributed by atoms with van der Waals surface area (Å²) in [6.45, 7) is 1.26. The van der Waals surface area contributed by atoms with E-state index in [-0.39, 0.29) is 0 Å². The number of rotatable bonds is 4. The van der Waals surface area contributed by atoms with Crippen LogP contribution in [0.25, 0.3) is 10.8 Å². The van der Waals surface area contributed by atoms with E-state index in [9.17, 15) is 0 Å². The van der Waals surface area contributed by atoms with Gasteiger partial charge in [-0.1, -0.05) is 0 Å². The van der Waals surface area contributed by atoms with Crippen LogP contribution in [0.3, 0.4) is 0 Å². The fraction of sp³-hybridized carbons (Fsp3) is 0.286. The van der Waals surface area contributed by atoms with Gasteiger partial charge in [0.25, 0.3) is 0 Å². The molecule has 1 nitrogen and oxygen atoms in total. The molecule has 18 heavy (non-hydrogen) atoms. The van der Waals surface area contributed by atoms with E-state index in [2.05, 4.69) is 73.3 Å². The fourth-order valence-electron chi connectivity index (χ4n) is 2.27. The van der Waals surface area contributed by atoms with Crippen LogP contribution in [0.15, 0.2) is 36.4 Å². The summed E-state index contributed by atoms with van der Waals surface area (Å²) in [5.41, 5.74) is 1.35. The van der Waals surface area contributed by atoms with Gasteiger partial charge in [0.05, 0.1) is 0 Å². The average Bonchev–Trinajstić information content (AvgIpc) is 2.34. The summed E-state index contributed by atoms with van der Waals surface area (Å²) >= 11 is 0.201. The molecule has 1 atom stereocenters. The molecular weight excluding hydrogens is 461 g/mol. The number of hydrogen-bond donors (Lipinski definition) is 0. The molecule has 0 aliphatic heterocycles. The van der Waals surface area contributed by atoms with E-state index in [0.717, 1.165) is 6.61 Å².